The first-order valence-electron chi connectivity index (χ1n) is 9.83. The normalized spacial score (nSPS) is 15.8. The molecule has 0 radical (unpaired) electrons. The lowest BCUT2D eigenvalue weighted by Gasteiger charge is -2.32. The van der Waals surface area contributed by atoms with Crippen molar-refractivity contribution in [3.63, 3.8) is 0 Å². The van der Waals surface area contributed by atoms with Gasteiger partial charge in [-0.1, -0.05) is 25.4 Å². The fraction of sp³-hybridized carbons (Fsp3) is 0.524. The maximum atomic E-state index is 12.3. The van der Waals surface area contributed by atoms with E-state index in [1.807, 2.05) is 12.4 Å². The number of ether oxygens (including phenoxy) is 1. The zero-order valence-electron chi connectivity index (χ0n) is 16.7. The standard InChI is InChI=1S/C21H27ClN4O2/c1-4-28-21(27)18-9-17(22)12-23-19(18)16-5-7-26(8-6-16)13-15-10-24-20(14(2)3)25-11-15/h9-12,14,16H,4-8,13H2,1-3H3. The molecule has 150 valence electrons. The number of piperidine rings is 1. The maximum Gasteiger partial charge on any atom is 0.340 e. The van der Waals surface area contributed by atoms with E-state index in [1.165, 1.54) is 0 Å². The van der Waals surface area contributed by atoms with Crippen LogP contribution in [-0.2, 0) is 11.3 Å². The Labute approximate surface area is 171 Å². The minimum atomic E-state index is -0.350. The molecule has 0 aliphatic carbocycles. The molecule has 0 aromatic carbocycles. The second-order valence-corrected chi connectivity index (χ2v) is 7.90. The van der Waals surface area contributed by atoms with Crippen LogP contribution in [0.1, 0.15) is 72.9 Å². The van der Waals surface area contributed by atoms with Crippen molar-refractivity contribution in [1.82, 2.24) is 19.9 Å². The Morgan fingerprint density at radius 3 is 2.50 bits per heavy atom. The summed E-state index contributed by atoms with van der Waals surface area (Å²) >= 11 is 6.05. The molecule has 0 unspecified atom stereocenters. The van der Waals surface area contributed by atoms with Gasteiger partial charge in [-0.25, -0.2) is 14.8 Å². The molecule has 2 aromatic heterocycles. The summed E-state index contributed by atoms with van der Waals surface area (Å²) in [7, 11) is 0. The van der Waals surface area contributed by atoms with Gasteiger partial charge in [-0.15, -0.1) is 0 Å². The van der Waals surface area contributed by atoms with E-state index in [0.717, 1.165) is 49.6 Å². The van der Waals surface area contributed by atoms with Crippen molar-refractivity contribution in [3.05, 3.63) is 52.3 Å². The zero-order valence-corrected chi connectivity index (χ0v) is 17.4. The highest BCUT2D eigenvalue weighted by atomic mass is 35.5. The molecular weight excluding hydrogens is 376 g/mol. The Bertz CT molecular complexity index is 803. The van der Waals surface area contributed by atoms with E-state index in [-0.39, 0.29) is 11.9 Å². The highest BCUT2D eigenvalue weighted by Gasteiger charge is 2.26. The molecule has 1 fully saturated rings. The SMILES string of the molecule is CCOC(=O)c1cc(Cl)cnc1C1CCN(Cc2cnc(C(C)C)nc2)CC1. The summed E-state index contributed by atoms with van der Waals surface area (Å²) in [6, 6.07) is 1.67. The van der Waals surface area contributed by atoms with Crippen LogP contribution in [0.3, 0.4) is 0 Å². The molecule has 0 bridgehead atoms. The predicted octanol–water partition coefficient (Wildman–Crippen LogP) is 4.20. The van der Waals surface area contributed by atoms with Crippen molar-refractivity contribution in [3.8, 4) is 0 Å². The zero-order chi connectivity index (χ0) is 20.1. The molecule has 1 aliphatic rings. The van der Waals surface area contributed by atoms with Crippen LogP contribution in [-0.4, -0.2) is 45.5 Å². The van der Waals surface area contributed by atoms with Gasteiger partial charge in [-0.3, -0.25) is 9.88 Å². The van der Waals surface area contributed by atoms with E-state index >= 15 is 0 Å². The van der Waals surface area contributed by atoms with Crippen molar-refractivity contribution >= 4 is 17.6 Å². The molecule has 0 saturated carbocycles. The third-order valence-corrected chi connectivity index (χ3v) is 5.21. The first-order chi connectivity index (χ1) is 13.5. The molecule has 0 atom stereocenters. The summed E-state index contributed by atoms with van der Waals surface area (Å²) in [6.07, 6.45) is 7.33. The Hall–Kier alpha value is -2.05. The number of halogens is 1. The fourth-order valence-corrected chi connectivity index (χ4v) is 3.67. The first kappa shape index (κ1) is 20.7. The molecule has 7 heteroatoms. The van der Waals surface area contributed by atoms with Crippen molar-refractivity contribution < 1.29 is 9.53 Å². The van der Waals surface area contributed by atoms with Gasteiger partial charge < -0.3 is 4.74 Å². The number of carbonyl (C=O) groups excluding carboxylic acids is 1. The lowest BCUT2D eigenvalue weighted by molar-refractivity contribution is 0.0523. The van der Waals surface area contributed by atoms with Crippen molar-refractivity contribution in [2.45, 2.75) is 52.0 Å². The summed E-state index contributed by atoms with van der Waals surface area (Å²) in [6.45, 7) is 9.02. The quantitative estimate of drug-likeness (QED) is 0.674. The predicted molar refractivity (Wildman–Crippen MR) is 109 cm³/mol. The van der Waals surface area contributed by atoms with Gasteiger partial charge in [0.25, 0.3) is 0 Å². The lowest BCUT2D eigenvalue weighted by Crippen LogP contribution is -2.33. The molecule has 1 saturated heterocycles. The van der Waals surface area contributed by atoms with Gasteiger partial charge in [0.15, 0.2) is 0 Å². The van der Waals surface area contributed by atoms with E-state index in [4.69, 9.17) is 16.3 Å². The third kappa shape index (κ3) is 5.06. The number of pyridine rings is 1. The molecule has 28 heavy (non-hydrogen) atoms. The van der Waals surface area contributed by atoms with Gasteiger partial charge in [0, 0.05) is 42.5 Å². The maximum absolute atomic E-state index is 12.3. The minimum Gasteiger partial charge on any atom is -0.462 e. The van der Waals surface area contributed by atoms with Crippen LogP contribution in [0.25, 0.3) is 0 Å². The van der Waals surface area contributed by atoms with Gasteiger partial charge in [0.2, 0.25) is 0 Å². The summed E-state index contributed by atoms with van der Waals surface area (Å²) in [5, 5.41) is 0.453. The van der Waals surface area contributed by atoms with E-state index in [1.54, 1.807) is 19.2 Å². The number of hydrogen-bond donors (Lipinski definition) is 0. The Kier molecular flexibility index (Phi) is 6.97. The summed E-state index contributed by atoms with van der Waals surface area (Å²) in [4.78, 5) is 28.1. The fourth-order valence-electron chi connectivity index (χ4n) is 3.51. The molecular formula is C21H27ClN4O2. The van der Waals surface area contributed by atoms with Crippen LogP contribution < -0.4 is 0 Å². The Morgan fingerprint density at radius 2 is 1.89 bits per heavy atom. The monoisotopic (exact) mass is 402 g/mol. The van der Waals surface area contributed by atoms with Crippen molar-refractivity contribution in [2.24, 2.45) is 0 Å². The van der Waals surface area contributed by atoms with Crippen LogP contribution in [0.5, 0.6) is 0 Å². The molecule has 0 amide bonds. The molecule has 6 nitrogen and oxygen atoms in total. The number of rotatable bonds is 6. The second-order valence-electron chi connectivity index (χ2n) is 7.46. The number of hydrogen-bond acceptors (Lipinski definition) is 6. The van der Waals surface area contributed by atoms with Crippen LogP contribution >= 0.6 is 11.6 Å². The average Bonchev–Trinajstić information content (AvgIpc) is 2.69. The van der Waals surface area contributed by atoms with E-state index in [0.29, 0.717) is 23.1 Å². The van der Waals surface area contributed by atoms with E-state index < -0.39 is 0 Å². The largest absolute Gasteiger partial charge is 0.462 e. The van der Waals surface area contributed by atoms with Crippen LogP contribution in [0, 0.1) is 0 Å². The number of esters is 1. The summed E-state index contributed by atoms with van der Waals surface area (Å²) in [5.74, 6) is 1.10. The molecule has 0 spiro atoms. The molecule has 3 rings (SSSR count). The Morgan fingerprint density at radius 1 is 1.21 bits per heavy atom. The van der Waals surface area contributed by atoms with Crippen molar-refractivity contribution in [1.29, 1.82) is 0 Å². The number of nitrogens with zero attached hydrogens (tertiary/aromatic N) is 4. The Balaban J connectivity index is 1.63. The topological polar surface area (TPSA) is 68.2 Å². The lowest BCUT2D eigenvalue weighted by atomic mass is 9.90. The first-order valence-corrected chi connectivity index (χ1v) is 10.2. The number of carbonyl (C=O) groups is 1. The van der Waals surface area contributed by atoms with Gasteiger partial charge in [0.05, 0.1) is 22.9 Å². The van der Waals surface area contributed by atoms with E-state index in [9.17, 15) is 4.79 Å². The van der Waals surface area contributed by atoms with E-state index in [2.05, 4.69) is 33.7 Å². The van der Waals surface area contributed by atoms with Crippen molar-refractivity contribution in [2.75, 3.05) is 19.7 Å². The van der Waals surface area contributed by atoms with Gasteiger partial charge in [-0.2, -0.15) is 0 Å². The van der Waals surface area contributed by atoms with Crippen LogP contribution in [0.2, 0.25) is 5.02 Å². The average molecular weight is 403 g/mol. The molecule has 1 aliphatic heterocycles. The highest BCUT2D eigenvalue weighted by Crippen LogP contribution is 2.31. The molecule has 3 heterocycles. The summed E-state index contributed by atoms with van der Waals surface area (Å²) in [5.41, 5.74) is 2.41. The summed E-state index contributed by atoms with van der Waals surface area (Å²) < 4.78 is 5.18. The van der Waals surface area contributed by atoms with Gasteiger partial charge >= 0.3 is 5.97 Å². The highest BCUT2D eigenvalue weighted by molar-refractivity contribution is 6.30. The second kappa shape index (κ2) is 9.43. The van der Waals surface area contributed by atoms with Gasteiger partial charge in [-0.05, 0) is 38.9 Å². The smallest absolute Gasteiger partial charge is 0.340 e. The molecule has 2 aromatic rings. The number of aromatic nitrogens is 3. The third-order valence-electron chi connectivity index (χ3n) is 5.00. The number of likely N-dealkylation sites (tertiary alicyclic amines) is 1. The van der Waals surface area contributed by atoms with Crippen LogP contribution in [0.15, 0.2) is 24.7 Å². The molecule has 0 N–H and O–H groups in total. The van der Waals surface area contributed by atoms with Gasteiger partial charge in [0.1, 0.15) is 5.82 Å². The van der Waals surface area contributed by atoms with Crippen LogP contribution in [0.4, 0.5) is 0 Å². The minimum absolute atomic E-state index is 0.229.